The molecule has 0 bridgehead atoms. The Morgan fingerprint density at radius 3 is 2.62 bits per heavy atom. The summed E-state index contributed by atoms with van der Waals surface area (Å²) >= 11 is 0. The van der Waals surface area contributed by atoms with Gasteiger partial charge in [0.25, 0.3) is 0 Å². The Balaban J connectivity index is 2.64. The van der Waals surface area contributed by atoms with Crippen molar-refractivity contribution < 1.29 is 4.74 Å². The van der Waals surface area contributed by atoms with E-state index in [2.05, 4.69) is 42.5 Å². The smallest absolute Gasteiger partial charge is 0.191 e. The average molecular weight is 291 g/mol. The van der Waals surface area contributed by atoms with Crippen molar-refractivity contribution >= 4 is 5.96 Å². The lowest BCUT2D eigenvalue weighted by atomic mass is 10.1. The molecule has 0 aliphatic rings. The summed E-state index contributed by atoms with van der Waals surface area (Å²) in [6, 6.07) is 8.07. The Labute approximate surface area is 129 Å². The Bertz CT molecular complexity index is 430. The number of nitrogens with zero attached hydrogens (tertiary/aromatic N) is 1. The van der Waals surface area contributed by atoms with Gasteiger partial charge >= 0.3 is 0 Å². The SMILES string of the molecule is CCNC(=NCc1ccccc1OCC)NCCC(C)C. The highest BCUT2D eigenvalue weighted by Gasteiger charge is 2.03. The molecule has 0 fully saturated rings. The number of hydrogen-bond donors (Lipinski definition) is 2. The normalized spacial score (nSPS) is 11.6. The van der Waals surface area contributed by atoms with Crippen molar-refractivity contribution in [2.24, 2.45) is 10.9 Å². The first kappa shape index (κ1) is 17.3. The van der Waals surface area contributed by atoms with E-state index >= 15 is 0 Å². The number of guanidine groups is 1. The number of benzene rings is 1. The van der Waals surface area contributed by atoms with Crippen molar-refractivity contribution in [3.63, 3.8) is 0 Å². The monoisotopic (exact) mass is 291 g/mol. The third kappa shape index (κ3) is 7.02. The topological polar surface area (TPSA) is 45.7 Å². The quantitative estimate of drug-likeness (QED) is 0.571. The predicted octanol–water partition coefficient (Wildman–Crippen LogP) is 3.19. The van der Waals surface area contributed by atoms with E-state index < -0.39 is 0 Å². The summed E-state index contributed by atoms with van der Waals surface area (Å²) in [5.74, 6) is 2.48. The molecule has 21 heavy (non-hydrogen) atoms. The van der Waals surface area contributed by atoms with E-state index in [4.69, 9.17) is 4.74 Å². The number of nitrogens with one attached hydrogen (secondary N) is 2. The Kier molecular flexibility index (Phi) is 8.32. The molecule has 0 amide bonds. The molecule has 2 N–H and O–H groups in total. The van der Waals surface area contributed by atoms with E-state index in [0.29, 0.717) is 19.1 Å². The summed E-state index contributed by atoms with van der Waals surface area (Å²) in [6.07, 6.45) is 1.14. The molecule has 118 valence electrons. The van der Waals surface area contributed by atoms with Gasteiger partial charge in [-0.15, -0.1) is 0 Å². The Morgan fingerprint density at radius 2 is 1.95 bits per heavy atom. The second-order valence-electron chi connectivity index (χ2n) is 5.35. The molecule has 0 aromatic heterocycles. The zero-order valence-corrected chi connectivity index (χ0v) is 13.8. The molecule has 1 aromatic carbocycles. The minimum atomic E-state index is 0.618. The third-order valence-electron chi connectivity index (χ3n) is 3.04. The molecule has 0 aliphatic carbocycles. The van der Waals surface area contributed by atoms with Crippen LogP contribution < -0.4 is 15.4 Å². The van der Waals surface area contributed by atoms with Gasteiger partial charge in [0.1, 0.15) is 5.75 Å². The van der Waals surface area contributed by atoms with Gasteiger partial charge in [0.15, 0.2) is 5.96 Å². The molecule has 1 aromatic rings. The second kappa shape index (κ2) is 10.1. The first-order valence-corrected chi connectivity index (χ1v) is 7.90. The standard InChI is InChI=1S/C17H29N3O/c1-5-18-17(19-12-11-14(3)4)20-13-15-9-7-8-10-16(15)21-6-2/h7-10,14H,5-6,11-13H2,1-4H3,(H2,18,19,20). The van der Waals surface area contributed by atoms with Crippen LogP contribution in [0.25, 0.3) is 0 Å². The molecule has 0 saturated carbocycles. The largest absolute Gasteiger partial charge is 0.494 e. The van der Waals surface area contributed by atoms with Gasteiger partial charge < -0.3 is 15.4 Å². The van der Waals surface area contributed by atoms with Crippen molar-refractivity contribution in [2.75, 3.05) is 19.7 Å². The van der Waals surface area contributed by atoms with E-state index in [1.807, 2.05) is 25.1 Å². The van der Waals surface area contributed by atoms with Gasteiger partial charge in [-0.2, -0.15) is 0 Å². The Hall–Kier alpha value is -1.71. The fourth-order valence-corrected chi connectivity index (χ4v) is 1.92. The maximum atomic E-state index is 5.63. The molecule has 4 nitrogen and oxygen atoms in total. The first-order valence-electron chi connectivity index (χ1n) is 7.90. The van der Waals surface area contributed by atoms with Crippen LogP contribution in [0.4, 0.5) is 0 Å². The van der Waals surface area contributed by atoms with E-state index in [1.54, 1.807) is 0 Å². The van der Waals surface area contributed by atoms with E-state index in [0.717, 1.165) is 36.8 Å². The van der Waals surface area contributed by atoms with Crippen LogP contribution in [-0.4, -0.2) is 25.7 Å². The van der Waals surface area contributed by atoms with Crippen molar-refractivity contribution in [2.45, 2.75) is 40.7 Å². The van der Waals surface area contributed by atoms with Crippen LogP contribution in [0.5, 0.6) is 5.75 Å². The van der Waals surface area contributed by atoms with Gasteiger partial charge in [0.2, 0.25) is 0 Å². The van der Waals surface area contributed by atoms with E-state index in [-0.39, 0.29) is 0 Å². The van der Waals surface area contributed by atoms with Crippen LogP contribution in [0.1, 0.15) is 39.7 Å². The third-order valence-corrected chi connectivity index (χ3v) is 3.04. The van der Waals surface area contributed by atoms with Crippen molar-refractivity contribution in [1.29, 1.82) is 0 Å². The number of para-hydroxylation sites is 1. The first-order chi connectivity index (χ1) is 10.2. The summed E-state index contributed by atoms with van der Waals surface area (Å²) in [5.41, 5.74) is 1.11. The highest BCUT2D eigenvalue weighted by Crippen LogP contribution is 2.18. The average Bonchev–Trinajstić information content (AvgIpc) is 2.46. The lowest BCUT2D eigenvalue weighted by Gasteiger charge is -2.13. The van der Waals surface area contributed by atoms with Gasteiger partial charge in [0.05, 0.1) is 13.2 Å². The van der Waals surface area contributed by atoms with Crippen molar-refractivity contribution in [3.8, 4) is 5.75 Å². The summed E-state index contributed by atoms with van der Waals surface area (Å²) in [5, 5.41) is 6.65. The van der Waals surface area contributed by atoms with Crippen LogP contribution in [-0.2, 0) is 6.54 Å². The van der Waals surface area contributed by atoms with Crippen LogP contribution in [0, 0.1) is 5.92 Å². The molecule has 0 heterocycles. The zero-order valence-electron chi connectivity index (χ0n) is 13.8. The van der Waals surface area contributed by atoms with Gasteiger partial charge in [-0.05, 0) is 32.3 Å². The second-order valence-corrected chi connectivity index (χ2v) is 5.35. The fourth-order valence-electron chi connectivity index (χ4n) is 1.92. The molecule has 1 rings (SSSR count). The predicted molar refractivity (Wildman–Crippen MR) is 89.9 cm³/mol. The zero-order chi connectivity index (χ0) is 15.5. The lowest BCUT2D eigenvalue weighted by molar-refractivity contribution is 0.336. The van der Waals surface area contributed by atoms with Gasteiger partial charge in [-0.25, -0.2) is 4.99 Å². The molecule has 0 saturated heterocycles. The molecular weight excluding hydrogens is 262 g/mol. The summed E-state index contributed by atoms with van der Waals surface area (Å²) < 4.78 is 5.63. The molecular formula is C17H29N3O. The maximum Gasteiger partial charge on any atom is 0.191 e. The highest BCUT2D eigenvalue weighted by molar-refractivity contribution is 5.79. The lowest BCUT2D eigenvalue weighted by Crippen LogP contribution is -2.38. The van der Waals surface area contributed by atoms with Gasteiger partial charge in [0, 0.05) is 18.7 Å². The number of hydrogen-bond acceptors (Lipinski definition) is 2. The van der Waals surface area contributed by atoms with Crippen LogP contribution >= 0.6 is 0 Å². The molecule has 4 heteroatoms. The van der Waals surface area contributed by atoms with Crippen LogP contribution in [0.15, 0.2) is 29.3 Å². The maximum absolute atomic E-state index is 5.63. The number of rotatable bonds is 8. The minimum Gasteiger partial charge on any atom is -0.494 e. The minimum absolute atomic E-state index is 0.618. The fraction of sp³-hybridized carbons (Fsp3) is 0.588. The number of aliphatic imine (C=N–C) groups is 1. The van der Waals surface area contributed by atoms with E-state index in [1.165, 1.54) is 0 Å². The summed E-state index contributed by atoms with van der Waals surface area (Å²) in [6.45, 7) is 11.6. The van der Waals surface area contributed by atoms with Crippen molar-refractivity contribution in [3.05, 3.63) is 29.8 Å². The molecule has 0 unspecified atom stereocenters. The molecule has 0 atom stereocenters. The Morgan fingerprint density at radius 1 is 1.19 bits per heavy atom. The van der Waals surface area contributed by atoms with Crippen LogP contribution in [0.2, 0.25) is 0 Å². The molecule has 0 radical (unpaired) electrons. The van der Waals surface area contributed by atoms with E-state index in [9.17, 15) is 0 Å². The van der Waals surface area contributed by atoms with Gasteiger partial charge in [-0.3, -0.25) is 0 Å². The number of ether oxygens (including phenoxy) is 1. The van der Waals surface area contributed by atoms with Gasteiger partial charge in [-0.1, -0.05) is 32.0 Å². The van der Waals surface area contributed by atoms with Crippen molar-refractivity contribution in [1.82, 2.24) is 10.6 Å². The molecule has 0 spiro atoms. The highest BCUT2D eigenvalue weighted by atomic mass is 16.5. The summed E-state index contributed by atoms with van der Waals surface area (Å²) in [7, 11) is 0. The summed E-state index contributed by atoms with van der Waals surface area (Å²) in [4.78, 5) is 4.64. The molecule has 0 aliphatic heterocycles. The van der Waals surface area contributed by atoms with Crippen LogP contribution in [0.3, 0.4) is 0 Å².